The predicted octanol–water partition coefficient (Wildman–Crippen LogP) is 3.91. The van der Waals surface area contributed by atoms with E-state index in [4.69, 9.17) is 9.47 Å². The summed E-state index contributed by atoms with van der Waals surface area (Å²) in [6, 6.07) is 0. The minimum atomic E-state index is -0.821. The average Bonchev–Trinajstić information content (AvgIpc) is 2.79. The first-order valence-corrected chi connectivity index (χ1v) is 8.83. The highest BCUT2D eigenvalue weighted by atomic mass is 16.6. The van der Waals surface area contributed by atoms with Crippen LogP contribution in [0.4, 0.5) is 0 Å². The van der Waals surface area contributed by atoms with Crippen molar-refractivity contribution in [2.45, 2.75) is 72.4 Å². The summed E-state index contributed by atoms with van der Waals surface area (Å²) < 4.78 is 11.6. The van der Waals surface area contributed by atoms with Crippen LogP contribution >= 0.6 is 0 Å². The molecule has 4 nitrogen and oxygen atoms in total. The van der Waals surface area contributed by atoms with E-state index >= 15 is 0 Å². The van der Waals surface area contributed by atoms with E-state index in [-0.39, 0.29) is 30.0 Å². The van der Waals surface area contributed by atoms with Crippen LogP contribution < -0.4 is 0 Å². The van der Waals surface area contributed by atoms with Gasteiger partial charge in [-0.3, -0.25) is 0 Å². The number of hydrogen-bond donors (Lipinski definition) is 1. The summed E-state index contributed by atoms with van der Waals surface area (Å²) in [6.45, 7) is 9.72. The molecule has 0 spiro atoms. The van der Waals surface area contributed by atoms with Crippen molar-refractivity contribution in [3.63, 3.8) is 0 Å². The largest absolute Gasteiger partial charge is 0.458 e. The van der Waals surface area contributed by atoms with Crippen LogP contribution in [0.25, 0.3) is 0 Å². The Balaban J connectivity index is 2.34. The SMILES string of the molecule is C/C=C(/C)C(=O)O[C@H]1C/C(C)=C/CC/C(C)=C/[C@H]2O[C@@H](O)[C@@H](C)[C@H]12. The molecule has 134 valence electrons. The first kappa shape index (κ1) is 18.9. The summed E-state index contributed by atoms with van der Waals surface area (Å²) >= 11 is 0. The smallest absolute Gasteiger partial charge is 0.333 e. The molecule has 2 aliphatic rings. The molecule has 4 heteroatoms. The second-order valence-electron chi connectivity index (χ2n) is 7.15. The molecule has 1 aliphatic carbocycles. The first-order chi connectivity index (χ1) is 11.3. The fraction of sp³-hybridized carbons (Fsp3) is 0.650. The van der Waals surface area contributed by atoms with E-state index in [1.807, 2.05) is 13.8 Å². The third-order valence-corrected chi connectivity index (χ3v) is 5.18. The third-order valence-electron chi connectivity index (χ3n) is 5.18. The lowest BCUT2D eigenvalue weighted by Crippen LogP contribution is -2.36. The van der Waals surface area contributed by atoms with Gasteiger partial charge in [0.2, 0.25) is 0 Å². The predicted molar refractivity (Wildman–Crippen MR) is 94.2 cm³/mol. The lowest BCUT2D eigenvalue weighted by atomic mass is 9.82. The number of esters is 1. The van der Waals surface area contributed by atoms with Crippen LogP contribution in [0.2, 0.25) is 0 Å². The molecule has 1 saturated heterocycles. The van der Waals surface area contributed by atoms with E-state index in [0.29, 0.717) is 12.0 Å². The van der Waals surface area contributed by atoms with Gasteiger partial charge in [-0.2, -0.15) is 0 Å². The van der Waals surface area contributed by atoms with Gasteiger partial charge in [0.1, 0.15) is 6.10 Å². The van der Waals surface area contributed by atoms with E-state index in [0.717, 1.165) is 12.8 Å². The number of carbonyl (C=O) groups excluding carboxylic acids is 1. The topological polar surface area (TPSA) is 55.8 Å². The van der Waals surface area contributed by atoms with Crippen LogP contribution in [0.1, 0.15) is 53.9 Å². The Hall–Kier alpha value is -1.39. The van der Waals surface area contributed by atoms with Crippen molar-refractivity contribution >= 4 is 5.97 Å². The maximum atomic E-state index is 12.3. The molecule has 0 saturated carbocycles. The van der Waals surface area contributed by atoms with Crippen LogP contribution in [0.5, 0.6) is 0 Å². The van der Waals surface area contributed by atoms with Crippen molar-refractivity contribution in [3.05, 3.63) is 34.9 Å². The van der Waals surface area contributed by atoms with Gasteiger partial charge in [0, 0.05) is 23.8 Å². The second-order valence-corrected chi connectivity index (χ2v) is 7.15. The molecule has 5 atom stereocenters. The van der Waals surface area contributed by atoms with Gasteiger partial charge in [-0.15, -0.1) is 0 Å². The summed E-state index contributed by atoms with van der Waals surface area (Å²) in [4.78, 5) is 12.3. The minimum Gasteiger partial charge on any atom is -0.458 e. The normalized spacial score (nSPS) is 39.2. The van der Waals surface area contributed by atoms with Gasteiger partial charge in [0.15, 0.2) is 6.29 Å². The molecule has 24 heavy (non-hydrogen) atoms. The monoisotopic (exact) mass is 334 g/mol. The van der Waals surface area contributed by atoms with Crippen LogP contribution in [0, 0.1) is 11.8 Å². The number of aliphatic hydroxyl groups is 1. The molecule has 0 amide bonds. The Morgan fingerprint density at radius 2 is 2.08 bits per heavy atom. The summed E-state index contributed by atoms with van der Waals surface area (Å²) in [5, 5.41) is 10.2. The van der Waals surface area contributed by atoms with Crippen LogP contribution in [0.3, 0.4) is 0 Å². The third kappa shape index (κ3) is 4.37. The molecule has 0 radical (unpaired) electrons. The molecular formula is C20H30O4. The molecule has 1 fully saturated rings. The highest BCUT2D eigenvalue weighted by Crippen LogP contribution is 2.39. The summed E-state index contributed by atoms with van der Waals surface area (Å²) in [5.74, 6) is -0.430. The summed E-state index contributed by atoms with van der Waals surface area (Å²) in [7, 11) is 0. The van der Waals surface area contributed by atoms with Crippen molar-refractivity contribution in [2.24, 2.45) is 11.8 Å². The zero-order valence-electron chi connectivity index (χ0n) is 15.4. The fourth-order valence-electron chi connectivity index (χ4n) is 3.48. The molecule has 0 aromatic carbocycles. The molecule has 1 N–H and O–H groups in total. The van der Waals surface area contributed by atoms with Crippen molar-refractivity contribution in [1.82, 2.24) is 0 Å². The quantitative estimate of drug-likeness (QED) is 0.472. The molecule has 1 heterocycles. The van der Waals surface area contributed by atoms with Gasteiger partial charge in [0.05, 0.1) is 6.10 Å². The highest BCUT2D eigenvalue weighted by molar-refractivity contribution is 5.87. The Morgan fingerprint density at radius 1 is 1.38 bits per heavy atom. The van der Waals surface area contributed by atoms with Crippen molar-refractivity contribution in [2.75, 3.05) is 0 Å². The Kier molecular flexibility index (Phi) is 6.41. The Morgan fingerprint density at radius 3 is 2.75 bits per heavy atom. The number of ether oxygens (including phenoxy) is 2. The van der Waals surface area contributed by atoms with Crippen molar-refractivity contribution in [1.29, 1.82) is 0 Å². The van der Waals surface area contributed by atoms with Crippen LogP contribution in [0.15, 0.2) is 34.9 Å². The lowest BCUT2D eigenvalue weighted by Gasteiger charge is -2.30. The zero-order chi connectivity index (χ0) is 17.9. The van der Waals surface area contributed by atoms with Gasteiger partial charge < -0.3 is 14.6 Å². The minimum absolute atomic E-state index is 0.0509. The van der Waals surface area contributed by atoms with Gasteiger partial charge in [-0.1, -0.05) is 36.3 Å². The number of hydrogen-bond acceptors (Lipinski definition) is 4. The van der Waals surface area contributed by atoms with E-state index in [9.17, 15) is 9.90 Å². The average molecular weight is 334 g/mol. The van der Waals surface area contributed by atoms with E-state index < -0.39 is 6.29 Å². The van der Waals surface area contributed by atoms with E-state index in [1.165, 1.54) is 11.1 Å². The fourth-order valence-corrected chi connectivity index (χ4v) is 3.48. The lowest BCUT2D eigenvalue weighted by molar-refractivity contribution is -0.148. The molecule has 2 rings (SSSR count). The number of aliphatic hydroxyl groups excluding tert-OH is 1. The molecule has 0 aromatic rings. The maximum absolute atomic E-state index is 12.3. The standard InChI is InChI=1S/C20H30O4/c1-6-14(4)19(21)23-16-10-12(2)8-7-9-13(3)11-17-18(16)15(5)20(22)24-17/h6,8,11,15-18,20,22H,7,9-10H2,1-5H3/b12-8+,13-11+,14-6-/t15-,16-,17+,18+,20+/m0/s1. The van der Waals surface area contributed by atoms with E-state index in [2.05, 4.69) is 26.0 Å². The van der Waals surface area contributed by atoms with Crippen molar-refractivity contribution < 1.29 is 19.4 Å². The number of allylic oxidation sites excluding steroid dienone is 3. The van der Waals surface area contributed by atoms with Gasteiger partial charge in [0.25, 0.3) is 0 Å². The highest BCUT2D eigenvalue weighted by Gasteiger charge is 2.46. The van der Waals surface area contributed by atoms with Crippen molar-refractivity contribution in [3.8, 4) is 0 Å². The number of fused-ring (bicyclic) bond motifs is 1. The Labute approximate surface area is 145 Å². The molecule has 0 bridgehead atoms. The molecule has 0 aromatic heterocycles. The molecule has 1 aliphatic heterocycles. The van der Waals surface area contributed by atoms with Gasteiger partial charge >= 0.3 is 5.97 Å². The van der Waals surface area contributed by atoms with Crippen LogP contribution in [-0.4, -0.2) is 29.6 Å². The van der Waals surface area contributed by atoms with E-state index in [1.54, 1.807) is 13.0 Å². The van der Waals surface area contributed by atoms with Gasteiger partial charge in [-0.05, 0) is 40.5 Å². The summed E-state index contributed by atoms with van der Waals surface area (Å²) in [5.41, 5.74) is 3.06. The number of rotatable bonds is 2. The molecular weight excluding hydrogens is 304 g/mol. The van der Waals surface area contributed by atoms with Gasteiger partial charge in [-0.25, -0.2) is 4.79 Å². The zero-order valence-corrected chi connectivity index (χ0v) is 15.4. The first-order valence-electron chi connectivity index (χ1n) is 8.83. The maximum Gasteiger partial charge on any atom is 0.333 e. The molecule has 0 unspecified atom stereocenters. The summed E-state index contributed by atoms with van der Waals surface area (Å²) in [6.07, 6.45) is 7.36. The number of carbonyl (C=O) groups is 1. The second kappa shape index (κ2) is 8.13. The van der Waals surface area contributed by atoms with Crippen LogP contribution in [-0.2, 0) is 14.3 Å². The Bertz CT molecular complexity index is 558.